The van der Waals surface area contributed by atoms with Crippen LogP contribution in [0.5, 0.6) is 0 Å². The minimum atomic E-state index is -1.03. The molecule has 1 atom stereocenters. The van der Waals surface area contributed by atoms with E-state index in [-0.39, 0.29) is 57.3 Å². The summed E-state index contributed by atoms with van der Waals surface area (Å²) >= 11 is 0. The molecule has 3 fully saturated rings. The van der Waals surface area contributed by atoms with Gasteiger partial charge in [0.15, 0.2) is 0 Å². The van der Waals surface area contributed by atoms with Crippen LogP contribution in [0.1, 0.15) is 90.9 Å². The summed E-state index contributed by atoms with van der Waals surface area (Å²) in [4.78, 5) is 117. The van der Waals surface area contributed by atoms with Crippen LogP contribution in [0.2, 0.25) is 0 Å². The van der Waals surface area contributed by atoms with Gasteiger partial charge in [0.2, 0.25) is 5.91 Å². The van der Waals surface area contributed by atoms with Crippen LogP contribution in [0.15, 0.2) is 13.2 Å². The van der Waals surface area contributed by atoms with E-state index >= 15 is 0 Å². The van der Waals surface area contributed by atoms with Crippen LogP contribution in [0, 0.1) is 5.92 Å². The van der Waals surface area contributed by atoms with Crippen LogP contribution in [0.3, 0.4) is 0 Å². The number of carbonyl (C=O) groups is 10. The summed E-state index contributed by atoms with van der Waals surface area (Å²) in [7, 11) is 0. The summed E-state index contributed by atoms with van der Waals surface area (Å²) in [5.74, 6) is -4.06. The van der Waals surface area contributed by atoms with Crippen molar-refractivity contribution in [1.29, 1.82) is 0 Å². The van der Waals surface area contributed by atoms with Crippen LogP contribution >= 0.6 is 0 Å². The number of likely N-dealkylation sites (tertiary alicyclic amines) is 1. The zero-order valence-electron chi connectivity index (χ0n) is 25.9. The molecule has 0 radical (unpaired) electrons. The summed E-state index contributed by atoms with van der Waals surface area (Å²) in [5, 5.41) is 10.1. The van der Waals surface area contributed by atoms with E-state index < -0.39 is 47.6 Å². The number of carbonyl (C=O) groups excluding carboxylic acids is 9. The number of nitrogens with zero attached hydrogens (tertiary/aromatic N) is 3. The molecule has 1 N–H and O–H groups in total. The molecule has 16 heteroatoms. The Kier molecular flexibility index (Phi) is 22.3. The van der Waals surface area contributed by atoms with E-state index in [1.54, 1.807) is 0 Å². The number of hydrogen-bond donors (Lipinski definition) is 1. The van der Waals surface area contributed by atoms with Gasteiger partial charge in [-0.1, -0.05) is 20.3 Å². The molecule has 5 amide bonds. The lowest BCUT2D eigenvalue weighted by Crippen LogP contribution is -2.40. The highest BCUT2D eigenvalue weighted by atomic mass is 16.7. The minimum Gasteiger partial charge on any atom is -0.480 e. The summed E-state index contributed by atoms with van der Waals surface area (Å²) in [6, 6.07) is -0.797. The molecule has 0 aromatic carbocycles. The summed E-state index contributed by atoms with van der Waals surface area (Å²) < 4.78 is 0. The van der Waals surface area contributed by atoms with Gasteiger partial charge >= 0.3 is 17.9 Å². The van der Waals surface area contributed by atoms with Crippen molar-refractivity contribution in [3.63, 3.8) is 0 Å². The maximum Gasteiger partial charge on any atom is 0.333 e. The minimum absolute atomic E-state index is 0.0147. The van der Waals surface area contributed by atoms with Crippen molar-refractivity contribution < 1.29 is 62.7 Å². The van der Waals surface area contributed by atoms with Crippen LogP contribution in [-0.2, 0) is 57.6 Å². The van der Waals surface area contributed by atoms with E-state index in [9.17, 15) is 38.4 Å². The second-order valence-corrected chi connectivity index (χ2v) is 9.81. The molecule has 16 nitrogen and oxygen atoms in total. The maximum atomic E-state index is 12.0. The van der Waals surface area contributed by atoms with Gasteiger partial charge in [0, 0.05) is 51.5 Å². The molecule has 0 bridgehead atoms. The van der Waals surface area contributed by atoms with Crippen LogP contribution in [0.25, 0.3) is 0 Å². The SMILES string of the molecule is C=C.C=O.C=O.CC(C)CCCC(=O)ON1C(=O)CCC1=O.O=C(CCCC(=O)N1CCC[C@H]1C(=O)O)ON1C(=O)CCC1=O. The van der Waals surface area contributed by atoms with E-state index in [2.05, 4.69) is 31.8 Å². The normalized spacial score (nSPS) is 16.7. The average Bonchev–Trinajstić information content (AvgIpc) is 3.73. The lowest BCUT2D eigenvalue weighted by Gasteiger charge is -2.21. The van der Waals surface area contributed by atoms with Crippen molar-refractivity contribution in [2.75, 3.05) is 6.54 Å². The highest BCUT2D eigenvalue weighted by Gasteiger charge is 2.35. The first kappa shape index (κ1) is 42.4. The summed E-state index contributed by atoms with van der Waals surface area (Å²) in [5.41, 5.74) is 0. The molecule has 3 aliphatic rings. The first-order valence-electron chi connectivity index (χ1n) is 14.1. The van der Waals surface area contributed by atoms with Gasteiger partial charge < -0.3 is 29.3 Å². The highest BCUT2D eigenvalue weighted by Crippen LogP contribution is 2.20. The molecule has 3 heterocycles. The van der Waals surface area contributed by atoms with Crippen LogP contribution < -0.4 is 0 Å². The first-order valence-corrected chi connectivity index (χ1v) is 14.1. The molecule has 0 aromatic rings. The van der Waals surface area contributed by atoms with E-state index in [0.29, 0.717) is 41.9 Å². The van der Waals surface area contributed by atoms with Crippen molar-refractivity contribution in [1.82, 2.24) is 15.0 Å². The van der Waals surface area contributed by atoms with Gasteiger partial charge in [0.1, 0.15) is 19.6 Å². The Bertz CT molecular complexity index is 1010. The molecule has 0 aliphatic carbocycles. The number of rotatable bonds is 11. The number of hydrogen-bond acceptors (Lipinski definition) is 12. The Labute approximate surface area is 261 Å². The fraction of sp³-hybridized carbons (Fsp3) is 0.586. The number of hydroxylamine groups is 4. The Hall–Kier alpha value is -4.76. The van der Waals surface area contributed by atoms with Crippen LogP contribution in [-0.4, -0.2) is 93.7 Å². The second-order valence-electron chi connectivity index (χ2n) is 9.81. The molecule has 3 aliphatic heterocycles. The first-order chi connectivity index (χ1) is 21.4. The van der Waals surface area contributed by atoms with E-state index in [1.807, 2.05) is 13.6 Å². The van der Waals surface area contributed by atoms with Gasteiger partial charge in [-0.25, -0.2) is 14.4 Å². The zero-order valence-corrected chi connectivity index (χ0v) is 25.9. The number of aliphatic carboxylic acids is 1. The molecule has 0 saturated carbocycles. The molecule has 3 rings (SSSR count). The Morgan fingerprint density at radius 3 is 1.53 bits per heavy atom. The fourth-order valence-electron chi connectivity index (χ4n) is 4.11. The number of carboxylic acid groups (broad SMARTS) is 1. The molecule has 252 valence electrons. The molecule has 0 spiro atoms. The van der Waals surface area contributed by atoms with Crippen molar-refractivity contribution in [2.24, 2.45) is 5.92 Å². The van der Waals surface area contributed by atoms with Gasteiger partial charge in [-0.2, -0.15) is 0 Å². The van der Waals surface area contributed by atoms with E-state index in [1.165, 1.54) is 4.90 Å². The second kappa shape index (κ2) is 23.7. The highest BCUT2D eigenvalue weighted by molar-refractivity contribution is 6.02. The lowest BCUT2D eigenvalue weighted by atomic mass is 10.1. The smallest absolute Gasteiger partial charge is 0.333 e. The topological polar surface area (TPSA) is 219 Å². The largest absolute Gasteiger partial charge is 0.480 e. The number of amides is 5. The number of carboxylic acids is 1. The maximum absolute atomic E-state index is 12.0. The quantitative estimate of drug-likeness (QED) is 0.251. The summed E-state index contributed by atoms with van der Waals surface area (Å²) in [6.07, 6.45) is 3.33. The zero-order chi connectivity index (χ0) is 35.1. The molecular formula is C29H43N3O13. The van der Waals surface area contributed by atoms with Gasteiger partial charge in [-0.15, -0.1) is 23.3 Å². The van der Waals surface area contributed by atoms with Gasteiger partial charge in [0.05, 0.1) is 0 Å². The lowest BCUT2D eigenvalue weighted by molar-refractivity contribution is -0.197. The molecule has 0 aromatic heterocycles. The number of imide groups is 2. The van der Waals surface area contributed by atoms with E-state index in [0.717, 1.165) is 6.42 Å². The van der Waals surface area contributed by atoms with Crippen molar-refractivity contribution in [2.45, 2.75) is 96.9 Å². The Morgan fingerprint density at radius 1 is 0.756 bits per heavy atom. The predicted molar refractivity (Wildman–Crippen MR) is 155 cm³/mol. The third kappa shape index (κ3) is 15.5. The van der Waals surface area contributed by atoms with E-state index in [4.69, 9.17) is 19.5 Å². The predicted octanol–water partition coefficient (Wildman–Crippen LogP) is 1.69. The average molecular weight is 642 g/mol. The monoisotopic (exact) mass is 641 g/mol. The molecular weight excluding hydrogens is 598 g/mol. The molecule has 0 unspecified atom stereocenters. The third-order valence-electron chi connectivity index (χ3n) is 6.19. The molecule has 45 heavy (non-hydrogen) atoms. The Morgan fingerprint density at radius 2 is 1.16 bits per heavy atom. The van der Waals surface area contributed by atoms with Crippen molar-refractivity contribution >= 4 is 61.0 Å². The van der Waals surface area contributed by atoms with Gasteiger partial charge in [-0.05, 0) is 31.6 Å². The standard InChI is InChI=1S/C14H18N2O7.C11H17NO4.C2H4.2CH2O/c17-10(15-8-2-3-9(15)14(21)22)4-1-5-13(20)23-16-11(18)6-7-12(16)19;1-8(2)4-3-5-11(15)16-12-9(13)6-7-10(12)14;3*1-2/h9H,1-8H2,(H,21,22);8H,3-7H2,1-2H3;1-2H2;2*1H2/t9-;;;;/m0..../s1. The van der Waals surface area contributed by atoms with Crippen LogP contribution in [0.4, 0.5) is 0 Å². The van der Waals surface area contributed by atoms with Gasteiger partial charge in [-0.3, -0.25) is 24.0 Å². The third-order valence-corrected chi connectivity index (χ3v) is 6.19. The summed E-state index contributed by atoms with van der Waals surface area (Å²) in [6.45, 7) is 14.5. The molecule has 3 saturated heterocycles. The van der Waals surface area contributed by atoms with Crippen molar-refractivity contribution in [3.8, 4) is 0 Å². The van der Waals surface area contributed by atoms with Gasteiger partial charge in [0.25, 0.3) is 23.6 Å². The Balaban J connectivity index is 0. The fourth-order valence-corrected chi connectivity index (χ4v) is 4.11. The van der Waals surface area contributed by atoms with Crippen molar-refractivity contribution in [3.05, 3.63) is 13.2 Å².